The van der Waals surface area contributed by atoms with Gasteiger partial charge in [-0.3, -0.25) is 4.79 Å². The zero-order valence-corrected chi connectivity index (χ0v) is 4.90. The van der Waals surface area contributed by atoms with E-state index in [1.807, 2.05) is 0 Å². The third-order valence-corrected chi connectivity index (χ3v) is 0.625. The van der Waals surface area contributed by atoms with Gasteiger partial charge in [0.2, 0.25) is 5.91 Å². The molecule has 1 amide bonds. The molecule has 0 unspecified atom stereocenters. The monoisotopic (exact) mass is 114 g/mol. The molecule has 0 aliphatic carbocycles. The van der Waals surface area contributed by atoms with Crippen molar-refractivity contribution in [2.24, 2.45) is 0 Å². The Balaban J connectivity index is 3.11. The van der Waals surface area contributed by atoms with Crippen molar-refractivity contribution in [2.45, 2.75) is 0 Å². The van der Waals surface area contributed by atoms with Gasteiger partial charge in [0.05, 0.1) is 6.67 Å². The van der Waals surface area contributed by atoms with Crippen LogP contribution in [0.25, 0.3) is 0 Å². The van der Waals surface area contributed by atoms with E-state index in [4.69, 9.17) is 0 Å². The maximum Gasteiger partial charge on any atom is 0.244 e. The molecule has 0 atom stereocenters. The van der Waals surface area contributed by atoms with Gasteiger partial charge in [0.15, 0.2) is 0 Å². The first kappa shape index (κ1) is 7.17. The summed E-state index contributed by atoms with van der Waals surface area (Å²) in [5, 5.41) is 5.27. The van der Waals surface area contributed by atoms with E-state index in [0.717, 1.165) is 0 Å². The van der Waals surface area contributed by atoms with Crippen molar-refractivity contribution in [3.63, 3.8) is 0 Å². The van der Waals surface area contributed by atoms with Gasteiger partial charge in [0.1, 0.15) is 0 Å². The minimum atomic E-state index is -0.153. The summed E-state index contributed by atoms with van der Waals surface area (Å²) in [6.07, 6.45) is 1.23. The standard InChI is InChI=1S/C5H10N2O/c1-3-5(8)7-4-6-2/h3,6H,1,4H2,2H3,(H,7,8). The summed E-state index contributed by atoms with van der Waals surface area (Å²) in [5.74, 6) is -0.153. The molecule has 2 N–H and O–H groups in total. The largest absolute Gasteiger partial charge is 0.340 e. The van der Waals surface area contributed by atoms with Crippen molar-refractivity contribution in [3.05, 3.63) is 12.7 Å². The van der Waals surface area contributed by atoms with Crippen LogP contribution in [0.2, 0.25) is 0 Å². The molecular formula is C5H10N2O. The van der Waals surface area contributed by atoms with Gasteiger partial charge < -0.3 is 10.6 Å². The van der Waals surface area contributed by atoms with E-state index >= 15 is 0 Å². The van der Waals surface area contributed by atoms with Crippen LogP contribution in [0.3, 0.4) is 0 Å². The van der Waals surface area contributed by atoms with Crippen LogP contribution in [-0.4, -0.2) is 19.6 Å². The van der Waals surface area contributed by atoms with E-state index < -0.39 is 0 Å². The molecule has 0 radical (unpaired) electrons. The van der Waals surface area contributed by atoms with Crippen LogP contribution >= 0.6 is 0 Å². The molecule has 3 heteroatoms. The lowest BCUT2D eigenvalue weighted by Crippen LogP contribution is -2.30. The Hall–Kier alpha value is -0.830. The van der Waals surface area contributed by atoms with Gasteiger partial charge >= 0.3 is 0 Å². The molecular weight excluding hydrogens is 104 g/mol. The number of carbonyl (C=O) groups excluding carboxylic acids is 1. The highest BCUT2D eigenvalue weighted by molar-refractivity contribution is 5.86. The highest BCUT2D eigenvalue weighted by Gasteiger charge is 1.86. The second-order valence-electron chi connectivity index (χ2n) is 1.28. The molecule has 3 nitrogen and oxygen atoms in total. The number of hydrogen-bond donors (Lipinski definition) is 2. The third-order valence-electron chi connectivity index (χ3n) is 0.625. The normalized spacial score (nSPS) is 8.12. The van der Waals surface area contributed by atoms with Gasteiger partial charge in [0.25, 0.3) is 0 Å². The molecule has 8 heavy (non-hydrogen) atoms. The average molecular weight is 114 g/mol. The van der Waals surface area contributed by atoms with E-state index in [0.29, 0.717) is 6.67 Å². The number of rotatable bonds is 3. The molecule has 46 valence electrons. The molecule has 0 aliphatic rings. The fourth-order valence-corrected chi connectivity index (χ4v) is 0.248. The van der Waals surface area contributed by atoms with Crippen LogP contribution in [0.1, 0.15) is 0 Å². The number of nitrogens with one attached hydrogen (secondary N) is 2. The first-order chi connectivity index (χ1) is 3.81. The van der Waals surface area contributed by atoms with E-state index in [1.165, 1.54) is 6.08 Å². The van der Waals surface area contributed by atoms with E-state index in [1.54, 1.807) is 7.05 Å². The molecule has 0 aromatic heterocycles. The topological polar surface area (TPSA) is 41.1 Å². The Morgan fingerprint density at radius 3 is 2.88 bits per heavy atom. The van der Waals surface area contributed by atoms with Crippen molar-refractivity contribution in [3.8, 4) is 0 Å². The quantitative estimate of drug-likeness (QED) is 0.382. The Morgan fingerprint density at radius 1 is 1.88 bits per heavy atom. The first-order valence-electron chi connectivity index (χ1n) is 2.36. The Bertz CT molecular complexity index is 90.4. The maximum absolute atomic E-state index is 10.3. The van der Waals surface area contributed by atoms with Crippen LogP contribution in [0.4, 0.5) is 0 Å². The van der Waals surface area contributed by atoms with Gasteiger partial charge in [-0.2, -0.15) is 0 Å². The average Bonchev–Trinajstić information content (AvgIpc) is 1.83. The summed E-state index contributed by atoms with van der Waals surface area (Å²) >= 11 is 0. The first-order valence-corrected chi connectivity index (χ1v) is 2.36. The van der Waals surface area contributed by atoms with E-state index in [2.05, 4.69) is 17.2 Å². The molecule has 0 aliphatic heterocycles. The molecule has 0 saturated carbocycles. The lowest BCUT2D eigenvalue weighted by molar-refractivity contribution is -0.116. The van der Waals surface area contributed by atoms with Crippen LogP contribution < -0.4 is 10.6 Å². The van der Waals surface area contributed by atoms with E-state index in [9.17, 15) is 4.79 Å². The number of hydrogen-bond acceptors (Lipinski definition) is 2. The third kappa shape index (κ3) is 3.36. The molecule has 0 aromatic rings. The van der Waals surface area contributed by atoms with Crippen molar-refractivity contribution in [2.75, 3.05) is 13.7 Å². The van der Waals surface area contributed by atoms with Crippen molar-refractivity contribution in [1.29, 1.82) is 0 Å². The highest BCUT2D eigenvalue weighted by Crippen LogP contribution is 1.60. The maximum atomic E-state index is 10.3. The van der Waals surface area contributed by atoms with Crippen LogP contribution in [0.15, 0.2) is 12.7 Å². The fraction of sp³-hybridized carbons (Fsp3) is 0.400. The summed E-state index contributed by atoms with van der Waals surface area (Å²) in [6, 6.07) is 0. The number of amides is 1. The second kappa shape index (κ2) is 4.33. The molecule has 0 spiro atoms. The van der Waals surface area contributed by atoms with Crippen molar-refractivity contribution in [1.82, 2.24) is 10.6 Å². The van der Waals surface area contributed by atoms with Crippen LogP contribution in [0, 0.1) is 0 Å². The summed E-state index contributed by atoms with van der Waals surface area (Å²) in [6.45, 7) is 3.76. The molecule has 0 heterocycles. The summed E-state index contributed by atoms with van der Waals surface area (Å²) in [4.78, 5) is 10.3. The Labute approximate surface area is 48.8 Å². The molecule has 0 bridgehead atoms. The van der Waals surface area contributed by atoms with Gasteiger partial charge in [0, 0.05) is 0 Å². The van der Waals surface area contributed by atoms with Crippen molar-refractivity contribution < 1.29 is 4.79 Å². The van der Waals surface area contributed by atoms with Gasteiger partial charge in [-0.05, 0) is 13.1 Å². The smallest absolute Gasteiger partial charge is 0.244 e. The fourth-order valence-electron chi connectivity index (χ4n) is 0.248. The second-order valence-corrected chi connectivity index (χ2v) is 1.28. The SMILES string of the molecule is C=CC(=O)NCNC. The zero-order chi connectivity index (χ0) is 6.41. The summed E-state index contributed by atoms with van der Waals surface area (Å²) in [5.41, 5.74) is 0. The lowest BCUT2D eigenvalue weighted by Gasteiger charge is -1.96. The Morgan fingerprint density at radius 2 is 2.50 bits per heavy atom. The zero-order valence-electron chi connectivity index (χ0n) is 4.90. The lowest BCUT2D eigenvalue weighted by atomic mass is 10.6. The minimum Gasteiger partial charge on any atom is -0.340 e. The summed E-state index contributed by atoms with van der Waals surface area (Å²) < 4.78 is 0. The predicted octanol–water partition coefficient (Wildman–Crippen LogP) is -0.535. The molecule has 0 rings (SSSR count). The van der Waals surface area contributed by atoms with Gasteiger partial charge in [-0.1, -0.05) is 6.58 Å². The Kier molecular flexibility index (Phi) is 3.88. The van der Waals surface area contributed by atoms with Crippen LogP contribution in [0.5, 0.6) is 0 Å². The van der Waals surface area contributed by atoms with Gasteiger partial charge in [-0.15, -0.1) is 0 Å². The number of carbonyl (C=O) groups is 1. The highest BCUT2D eigenvalue weighted by atomic mass is 16.1. The van der Waals surface area contributed by atoms with Crippen molar-refractivity contribution >= 4 is 5.91 Å². The molecule has 0 fully saturated rings. The van der Waals surface area contributed by atoms with Gasteiger partial charge in [-0.25, -0.2) is 0 Å². The molecule has 0 aromatic carbocycles. The predicted molar refractivity (Wildman–Crippen MR) is 32.3 cm³/mol. The minimum absolute atomic E-state index is 0.153. The summed E-state index contributed by atoms with van der Waals surface area (Å²) in [7, 11) is 1.75. The van der Waals surface area contributed by atoms with E-state index in [-0.39, 0.29) is 5.91 Å². The van der Waals surface area contributed by atoms with Crippen LogP contribution in [-0.2, 0) is 4.79 Å². The molecule has 0 saturated heterocycles.